The fraction of sp³-hybridized carbons (Fsp3) is 0.545. The van der Waals surface area contributed by atoms with E-state index in [-0.39, 0.29) is 18.2 Å². The van der Waals surface area contributed by atoms with Crippen LogP contribution < -0.4 is 15.5 Å². The summed E-state index contributed by atoms with van der Waals surface area (Å²) in [6.07, 6.45) is 5.98. The van der Waals surface area contributed by atoms with E-state index in [1.807, 2.05) is 4.90 Å². The fourth-order valence-electron chi connectivity index (χ4n) is 4.14. The summed E-state index contributed by atoms with van der Waals surface area (Å²) < 4.78 is 5.54. The molecular formula is C22H31N9O3. The zero-order chi connectivity index (χ0) is 23.9. The monoisotopic (exact) mass is 469 g/mol. The van der Waals surface area contributed by atoms with Gasteiger partial charge in [-0.25, -0.2) is 14.6 Å². The van der Waals surface area contributed by atoms with Crippen LogP contribution in [0.3, 0.4) is 0 Å². The molecule has 0 aromatic carbocycles. The van der Waals surface area contributed by atoms with E-state index in [1.54, 1.807) is 42.5 Å². The van der Waals surface area contributed by atoms with Gasteiger partial charge in [0.25, 0.3) is 0 Å². The summed E-state index contributed by atoms with van der Waals surface area (Å²) in [5.41, 5.74) is 0. The van der Waals surface area contributed by atoms with Gasteiger partial charge in [-0.2, -0.15) is 10.1 Å². The first kappa shape index (κ1) is 23.6. The van der Waals surface area contributed by atoms with E-state index in [4.69, 9.17) is 4.74 Å². The molecule has 0 saturated carbocycles. The highest BCUT2D eigenvalue weighted by molar-refractivity contribution is 5.88. The standard InChI is InChI=1S/C22H31N9O3/c1-29-13-8-17(9-14-29)34-22(33)27-18-7-11-23-20(25-18)31-12-4-5-16(15-31)30(2)21(32)26-19-6-3-10-24-28-19/h3,6-7,10-11,16-17H,4-5,8-9,12-15H2,1-2H3,(H,26,28,32)(H,23,25,27,33)/t16-/m1/s1. The van der Waals surface area contributed by atoms with Gasteiger partial charge in [-0.15, -0.1) is 5.10 Å². The van der Waals surface area contributed by atoms with Crippen LogP contribution in [-0.2, 0) is 4.74 Å². The van der Waals surface area contributed by atoms with Crippen molar-refractivity contribution in [1.82, 2.24) is 30.0 Å². The number of urea groups is 1. The molecule has 0 spiro atoms. The lowest BCUT2D eigenvalue weighted by Gasteiger charge is -2.37. The minimum atomic E-state index is -0.504. The number of nitrogens with one attached hydrogen (secondary N) is 2. The van der Waals surface area contributed by atoms with Crippen LogP contribution in [0.5, 0.6) is 0 Å². The number of hydrogen-bond donors (Lipinski definition) is 2. The molecule has 2 aliphatic rings. The van der Waals surface area contributed by atoms with Gasteiger partial charge in [0.2, 0.25) is 5.95 Å². The SMILES string of the molecule is CN1CCC(OC(=O)Nc2ccnc(N3CCC[C@@H](N(C)C(=O)Nc4cccnn4)C3)n2)CC1. The van der Waals surface area contributed by atoms with Crippen LogP contribution in [0.2, 0.25) is 0 Å². The molecule has 12 heteroatoms. The third-order valence-electron chi connectivity index (χ3n) is 6.17. The van der Waals surface area contributed by atoms with Gasteiger partial charge in [-0.1, -0.05) is 0 Å². The molecule has 2 saturated heterocycles. The largest absolute Gasteiger partial charge is 0.446 e. The molecule has 34 heavy (non-hydrogen) atoms. The third kappa shape index (κ3) is 6.28. The summed E-state index contributed by atoms with van der Waals surface area (Å²) in [6, 6.07) is 4.77. The van der Waals surface area contributed by atoms with Crippen LogP contribution in [0, 0.1) is 0 Å². The van der Waals surface area contributed by atoms with E-state index in [0.29, 0.717) is 24.1 Å². The smallest absolute Gasteiger partial charge is 0.413 e. The van der Waals surface area contributed by atoms with Crippen LogP contribution in [0.1, 0.15) is 25.7 Å². The van der Waals surface area contributed by atoms with Crippen molar-refractivity contribution in [3.8, 4) is 0 Å². The van der Waals surface area contributed by atoms with Gasteiger partial charge < -0.3 is 19.4 Å². The van der Waals surface area contributed by atoms with Gasteiger partial charge in [-0.3, -0.25) is 10.6 Å². The Hall–Kier alpha value is -3.54. The predicted molar refractivity (Wildman–Crippen MR) is 127 cm³/mol. The molecule has 182 valence electrons. The fourth-order valence-corrected chi connectivity index (χ4v) is 4.14. The molecule has 0 aliphatic carbocycles. The molecule has 0 radical (unpaired) electrons. The Bertz CT molecular complexity index is 969. The van der Waals surface area contributed by atoms with Crippen LogP contribution >= 0.6 is 0 Å². The van der Waals surface area contributed by atoms with Crippen molar-refractivity contribution in [3.05, 3.63) is 30.6 Å². The maximum absolute atomic E-state index is 12.6. The number of anilines is 3. The molecule has 2 aromatic rings. The van der Waals surface area contributed by atoms with Crippen molar-refractivity contribution >= 4 is 29.7 Å². The molecule has 12 nitrogen and oxygen atoms in total. The van der Waals surface area contributed by atoms with Crippen molar-refractivity contribution in [2.75, 3.05) is 55.8 Å². The average Bonchev–Trinajstić information content (AvgIpc) is 2.86. The minimum absolute atomic E-state index is 0.0277. The number of aromatic nitrogens is 4. The highest BCUT2D eigenvalue weighted by Crippen LogP contribution is 2.21. The van der Waals surface area contributed by atoms with Gasteiger partial charge in [-0.05, 0) is 50.9 Å². The Morgan fingerprint density at radius 2 is 1.91 bits per heavy atom. The Morgan fingerprint density at radius 1 is 1.09 bits per heavy atom. The maximum atomic E-state index is 12.6. The average molecular weight is 470 g/mol. The quantitative estimate of drug-likeness (QED) is 0.676. The Balaban J connectivity index is 1.32. The first-order chi connectivity index (χ1) is 16.5. The first-order valence-corrected chi connectivity index (χ1v) is 11.5. The maximum Gasteiger partial charge on any atom is 0.413 e. The zero-order valence-electron chi connectivity index (χ0n) is 19.6. The van der Waals surface area contributed by atoms with Gasteiger partial charge >= 0.3 is 12.1 Å². The highest BCUT2D eigenvalue weighted by atomic mass is 16.6. The second-order valence-electron chi connectivity index (χ2n) is 8.67. The van der Waals surface area contributed by atoms with Gasteiger partial charge in [0.05, 0.1) is 6.04 Å². The summed E-state index contributed by atoms with van der Waals surface area (Å²) in [6.45, 7) is 3.17. The Kier molecular flexibility index (Phi) is 7.68. The van der Waals surface area contributed by atoms with Crippen LogP contribution in [0.15, 0.2) is 30.6 Å². The number of carbonyl (C=O) groups excluding carboxylic acids is 2. The number of carbonyl (C=O) groups is 2. The lowest BCUT2D eigenvalue weighted by atomic mass is 10.1. The molecule has 0 unspecified atom stereocenters. The van der Waals surface area contributed by atoms with Gasteiger partial charge in [0.15, 0.2) is 5.82 Å². The highest BCUT2D eigenvalue weighted by Gasteiger charge is 2.28. The second-order valence-corrected chi connectivity index (χ2v) is 8.67. The summed E-state index contributed by atoms with van der Waals surface area (Å²) in [5.74, 6) is 1.30. The topological polar surface area (TPSA) is 129 Å². The normalized spacial score (nSPS) is 19.4. The van der Waals surface area contributed by atoms with Crippen LogP contribution in [-0.4, -0.2) is 94.5 Å². The lowest BCUT2D eigenvalue weighted by Crippen LogP contribution is -2.50. The molecule has 2 aliphatic heterocycles. The van der Waals surface area contributed by atoms with Gasteiger partial charge in [0, 0.05) is 45.6 Å². The van der Waals surface area contributed by atoms with E-state index in [0.717, 1.165) is 45.3 Å². The van der Waals surface area contributed by atoms with E-state index < -0.39 is 6.09 Å². The summed E-state index contributed by atoms with van der Waals surface area (Å²) >= 11 is 0. The number of amides is 3. The number of rotatable bonds is 5. The van der Waals surface area contributed by atoms with Crippen molar-refractivity contribution in [2.45, 2.75) is 37.8 Å². The molecule has 4 rings (SSSR count). The van der Waals surface area contributed by atoms with Gasteiger partial charge in [0.1, 0.15) is 11.9 Å². The van der Waals surface area contributed by atoms with Crippen molar-refractivity contribution in [1.29, 1.82) is 0 Å². The minimum Gasteiger partial charge on any atom is -0.446 e. The number of piperidine rings is 2. The van der Waals surface area contributed by atoms with E-state index in [9.17, 15) is 9.59 Å². The van der Waals surface area contributed by atoms with E-state index in [2.05, 4.69) is 42.7 Å². The number of ether oxygens (including phenoxy) is 1. The molecule has 3 amide bonds. The zero-order valence-corrected chi connectivity index (χ0v) is 19.6. The van der Waals surface area contributed by atoms with E-state index in [1.165, 1.54) is 0 Å². The summed E-state index contributed by atoms with van der Waals surface area (Å²) in [4.78, 5) is 39.8. The lowest BCUT2D eigenvalue weighted by molar-refractivity contribution is 0.0661. The first-order valence-electron chi connectivity index (χ1n) is 11.5. The predicted octanol–water partition coefficient (Wildman–Crippen LogP) is 2.04. The molecule has 4 heterocycles. The Labute approximate surface area is 198 Å². The van der Waals surface area contributed by atoms with Crippen molar-refractivity contribution in [3.63, 3.8) is 0 Å². The molecular weight excluding hydrogens is 438 g/mol. The third-order valence-corrected chi connectivity index (χ3v) is 6.17. The van der Waals surface area contributed by atoms with Crippen LogP contribution in [0.4, 0.5) is 27.2 Å². The molecule has 1 atom stereocenters. The summed E-state index contributed by atoms with van der Waals surface area (Å²) in [7, 11) is 3.82. The number of hydrogen-bond acceptors (Lipinski definition) is 9. The summed E-state index contributed by atoms with van der Waals surface area (Å²) in [5, 5.41) is 13.2. The van der Waals surface area contributed by atoms with Crippen LogP contribution in [0.25, 0.3) is 0 Å². The van der Waals surface area contributed by atoms with E-state index >= 15 is 0 Å². The number of likely N-dealkylation sites (N-methyl/N-ethyl adjacent to an activating group) is 1. The molecule has 2 aromatic heterocycles. The molecule has 2 fully saturated rings. The second kappa shape index (κ2) is 11.1. The van der Waals surface area contributed by atoms with Crippen molar-refractivity contribution < 1.29 is 14.3 Å². The Morgan fingerprint density at radius 3 is 2.68 bits per heavy atom. The van der Waals surface area contributed by atoms with Crippen molar-refractivity contribution in [2.24, 2.45) is 0 Å². The molecule has 0 bridgehead atoms. The number of nitrogens with zero attached hydrogens (tertiary/aromatic N) is 7. The molecule has 2 N–H and O–H groups in total. The number of likely N-dealkylation sites (tertiary alicyclic amines) is 1.